The summed E-state index contributed by atoms with van der Waals surface area (Å²) in [4.78, 5) is 0. The molecule has 2 atom stereocenters. The third-order valence-corrected chi connectivity index (χ3v) is 2.85. The second kappa shape index (κ2) is 5.55. The maximum absolute atomic E-state index is 8.62. The van der Waals surface area contributed by atoms with Crippen molar-refractivity contribution in [1.82, 2.24) is 5.32 Å². The molecule has 0 heterocycles. The van der Waals surface area contributed by atoms with Gasteiger partial charge in [0.15, 0.2) is 0 Å². The monoisotopic (exact) mass is 171 g/mol. The van der Waals surface area contributed by atoms with Gasteiger partial charge >= 0.3 is 0 Å². The molecule has 0 aromatic carbocycles. The van der Waals surface area contributed by atoms with Crippen LogP contribution in [0, 0.1) is 5.92 Å². The molecule has 1 rings (SSSR count). The largest absolute Gasteiger partial charge is 0.396 e. The molecule has 1 aliphatic carbocycles. The molecule has 0 saturated heterocycles. The van der Waals surface area contributed by atoms with Gasteiger partial charge in [0.1, 0.15) is 0 Å². The van der Waals surface area contributed by atoms with Crippen LogP contribution in [0.1, 0.15) is 39.0 Å². The minimum atomic E-state index is 0.314. The van der Waals surface area contributed by atoms with Gasteiger partial charge in [-0.2, -0.15) is 0 Å². The van der Waals surface area contributed by atoms with E-state index in [9.17, 15) is 0 Å². The number of aliphatic hydroxyl groups excluding tert-OH is 1. The predicted octanol–water partition coefficient (Wildman–Crippen LogP) is 1.54. The summed E-state index contributed by atoms with van der Waals surface area (Å²) in [6.45, 7) is 3.62. The average Bonchev–Trinajstić information content (AvgIpc) is 2.09. The van der Waals surface area contributed by atoms with Gasteiger partial charge in [-0.1, -0.05) is 19.8 Å². The van der Waals surface area contributed by atoms with Crippen LogP contribution in [0.3, 0.4) is 0 Å². The first-order valence-electron chi connectivity index (χ1n) is 5.19. The Morgan fingerprint density at radius 3 is 2.75 bits per heavy atom. The minimum absolute atomic E-state index is 0.314. The SMILES string of the molecule is C[C@H]1CCCC[C@H]1NCCCO. The Morgan fingerprint density at radius 1 is 1.33 bits per heavy atom. The summed E-state index contributed by atoms with van der Waals surface area (Å²) in [6, 6.07) is 0.713. The molecule has 72 valence electrons. The molecular weight excluding hydrogens is 150 g/mol. The summed E-state index contributed by atoms with van der Waals surface area (Å²) < 4.78 is 0. The summed E-state index contributed by atoms with van der Waals surface area (Å²) in [5, 5.41) is 12.1. The molecule has 0 aliphatic heterocycles. The van der Waals surface area contributed by atoms with E-state index in [1.54, 1.807) is 0 Å². The molecular formula is C10H21NO. The Bertz CT molecular complexity index is 116. The van der Waals surface area contributed by atoms with Crippen LogP contribution in [0.2, 0.25) is 0 Å². The number of nitrogens with one attached hydrogen (secondary N) is 1. The molecule has 0 aromatic heterocycles. The van der Waals surface area contributed by atoms with Crippen molar-refractivity contribution in [3.05, 3.63) is 0 Å². The highest BCUT2D eigenvalue weighted by Crippen LogP contribution is 2.23. The van der Waals surface area contributed by atoms with Crippen LogP contribution in [0.25, 0.3) is 0 Å². The number of hydrogen-bond acceptors (Lipinski definition) is 2. The third-order valence-electron chi connectivity index (χ3n) is 2.85. The quantitative estimate of drug-likeness (QED) is 0.629. The Labute approximate surface area is 75.4 Å². The Balaban J connectivity index is 2.11. The van der Waals surface area contributed by atoms with E-state index in [1.165, 1.54) is 25.7 Å². The Kier molecular flexibility index (Phi) is 4.62. The smallest absolute Gasteiger partial charge is 0.0443 e. The van der Waals surface area contributed by atoms with Crippen molar-refractivity contribution < 1.29 is 5.11 Å². The Morgan fingerprint density at radius 2 is 2.08 bits per heavy atom. The van der Waals surface area contributed by atoms with E-state index in [-0.39, 0.29) is 0 Å². The van der Waals surface area contributed by atoms with Crippen LogP contribution >= 0.6 is 0 Å². The summed E-state index contributed by atoms with van der Waals surface area (Å²) in [5.74, 6) is 0.831. The molecule has 0 amide bonds. The normalized spacial score (nSPS) is 30.5. The molecule has 12 heavy (non-hydrogen) atoms. The van der Waals surface area contributed by atoms with Crippen molar-refractivity contribution in [2.75, 3.05) is 13.2 Å². The van der Waals surface area contributed by atoms with Crippen LogP contribution in [0.5, 0.6) is 0 Å². The summed E-state index contributed by atoms with van der Waals surface area (Å²) in [7, 11) is 0. The molecule has 0 aromatic rings. The summed E-state index contributed by atoms with van der Waals surface area (Å²) >= 11 is 0. The number of aliphatic hydroxyl groups is 1. The molecule has 0 unspecified atom stereocenters. The van der Waals surface area contributed by atoms with Gasteiger partial charge in [0.05, 0.1) is 0 Å². The van der Waals surface area contributed by atoms with Gasteiger partial charge in [-0.05, 0) is 31.7 Å². The fourth-order valence-corrected chi connectivity index (χ4v) is 1.99. The fraction of sp³-hybridized carbons (Fsp3) is 1.00. The Hall–Kier alpha value is -0.0800. The van der Waals surface area contributed by atoms with Crippen molar-refractivity contribution in [1.29, 1.82) is 0 Å². The van der Waals surface area contributed by atoms with E-state index in [0.29, 0.717) is 12.6 Å². The summed E-state index contributed by atoms with van der Waals surface area (Å²) in [6.07, 6.45) is 6.37. The highest BCUT2D eigenvalue weighted by molar-refractivity contribution is 4.77. The first kappa shape index (κ1) is 10.0. The van der Waals surface area contributed by atoms with E-state index in [1.807, 2.05) is 0 Å². The van der Waals surface area contributed by atoms with E-state index < -0.39 is 0 Å². The fourth-order valence-electron chi connectivity index (χ4n) is 1.99. The molecule has 1 saturated carbocycles. The van der Waals surface area contributed by atoms with Crippen molar-refractivity contribution in [2.24, 2.45) is 5.92 Å². The van der Waals surface area contributed by atoms with Gasteiger partial charge in [-0.15, -0.1) is 0 Å². The average molecular weight is 171 g/mol. The molecule has 1 fully saturated rings. The van der Waals surface area contributed by atoms with Crippen LogP contribution < -0.4 is 5.32 Å². The van der Waals surface area contributed by atoms with Crippen molar-refractivity contribution in [2.45, 2.75) is 45.1 Å². The van der Waals surface area contributed by atoms with Gasteiger partial charge in [-0.3, -0.25) is 0 Å². The lowest BCUT2D eigenvalue weighted by molar-refractivity contribution is 0.255. The lowest BCUT2D eigenvalue weighted by atomic mass is 9.86. The highest BCUT2D eigenvalue weighted by Gasteiger charge is 2.19. The van der Waals surface area contributed by atoms with E-state index >= 15 is 0 Å². The number of hydrogen-bond donors (Lipinski definition) is 2. The van der Waals surface area contributed by atoms with E-state index in [2.05, 4.69) is 12.2 Å². The van der Waals surface area contributed by atoms with E-state index in [4.69, 9.17) is 5.11 Å². The minimum Gasteiger partial charge on any atom is -0.396 e. The second-order valence-corrected chi connectivity index (χ2v) is 3.90. The molecule has 2 nitrogen and oxygen atoms in total. The topological polar surface area (TPSA) is 32.3 Å². The molecule has 0 spiro atoms. The van der Waals surface area contributed by atoms with Gasteiger partial charge in [0.25, 0.3) is 0 Å². The molecule has 2 heteroatoms. The molecule has 2 N–H and O–H groups in total. The van der Waals surface area contributed by atoms with Crippen molar-refractivity contribution in [3.63, 3.8) is 0 Å². The van der Waals surface area contributed by atoms with Gasteiger partial charge < -0.3 is 10.4 Å². The first-order valence-corrected chi connectivity index (χ1v) is 5.19. The van der Waals surface area contributed by atoms with Crippen LogP contribution in [-0.2, 0) is 0 Å². The second-order valence-electron chi connectivity index (χ2n) is 3.90. The zero-order valence-corrected chi connectivity index (χ0v) is 8.05. The predicted molar refractivity (Wildman–Crippen MR) is 51.1 cm³/mol. The lowest BCUT2D eigenvalue weighted by Crippen LogP contribution is -2.37. The zero-order chi connectivity index (χ0) is 8.81. The van der Waals surface area contributed by atoms with Crippen LogP contribution in [0.4, 0.5) is 0 Å². The summed E-state index contributed by atoms with van der Waals surface area (Å²) in [5.41, 5.74) is 0. The maximum atomic E-state index is 8.62. The van der Waals surface area contributed by atoms with Crippen LogP contribution in [0.15, 0.2) is 0 Å². The highest BCUT2D eigenvalue weighted by atomic mass is 16.3. The van der Waals surface area contributed by atoms with Gasteiger partial charge in [0, 0.05) is 12.6 Å². The van der Waals surface area contributed by atoms with Crippen molar-refractivity contribution in [3.8, 4) is 0 Å². The van der Waals surface area contributed by atoms with E-state index in [0.717, 1.165) is 18.9 Å². The third kappa shape index (κ3) is 3.11. The molecule has 0 radical (unpaired) electrons. The first-order chi connectivity index (χ1) is 5.84. The lowest BCUT2D eigenvalue weighted by Gasteiger charge is -2.29. The number of rotatable bonds is 4. The maximum Gasteiger partial charge on any atom is 0.0443 e. The van der Waals surface area contributed by atoms with Crippen LogP contribution in [-0.4, -0.2) is 24.3 Å². The van der Waals surface area contributed by atoms with Crippen molar-refractivity contribution >= 4 is 0 Å². The van der Waals surface area contributed by atoms with Gasteiger partial charge in [0.2, 0.25) is 0 Å². The standard InChI is InChI=1S/C10H21NO/c1-9-5-2-3-6-10(9)11-7-4-8-12/h9-12H,2-8H2,1H3/t9-,10+/m0/s1. The molecule has 0 bridgehead atoms. The zero-order valence-electron chi connectivity index (χ0n) is 8.05. The molecule has 1 aliphatic rings. The van der Waals surface area contributed by atoms with Gasteiger partial charge in [-0.25, -0.2) is 0 Å².